The summed E-state index contributed by atoms with van der Waals surface area (Å²) in [6, 6.07) is 2.58. The van der Waals surface area contributed by atoms with Crippen molar-refractivity contribution in [2.45, 2.75) is 32.7 Å². The van der Waals surface area contributed by atoms with Crippen LogP contribution in [-0.2, 0) is 0 Å². The zero-order valence-corrected chi connectivity index (χ0v) is 10.7. The monoisotopic (exact) mass is 269 g/mol. The number of piperidine rings is 1. The highest BCUT2D eigenvalue weighted by molar-refractivity contribution is 9.10. The molecule has 1 aromatic heterocycles. The van der Waals surface area contributed by atoms with Crippen molar-refractivity contribution in [2.75, 3.05) is 11.4 Å². The van der Waals surface area contributed by atoms with Crippen molar-refractivity contribution in [1.29, 1.82) is 0 Å². The minimum absolute atomic E-state index is 0.586. The lowest BCUT2D eigenvalue weighted by Gasteiger charge is -2.37. The quantitative estimate of drug-likeness (QED) is 0.735. The average Bonchev–Trinajstić information content (AvgIpc) is 2.22. The first-order valence-corrected chi connectivity index (χ1v) is 6.20. The molecule has 82 valence electrons. The molecule has 0 saturated carbocycles. The molecule has 0 aliphatic carbocycles. The first-order valence-electron chi connectivity index (χ1n) is 5.41. The van der Waals surface area contributed by atoms with Crippen molar-refractivity contribution < 1.29 is 0 Å². The van der Waals surface area contributed by atoms with Crippen molar-refractivity contribution in [3.8, 4) is 0 Å². The van der Waals surface area contributed by atoms with Crippen LogP contribution in [0.15, 0.2) is 17.0 Å². The SMILES string of the molecule is CC1CCC(C)N(c2cc(Br)ncn2)C1. The molecule has 1 saturated heterocycles. The largest absolute Gasteiger partial charge is 0.354 e. The lowest BCUT2D eigenvalue weighted by molar-refractivity contribution is 0.388. The van der Waals surface area contributed by atoms with Gasteiger partial charge >= 0.3 is 0 Å². The molecule has 0 N–H and O–H groups in total. The van der Waals surface area contributed by atoms with Crippen LogP contribution >= 0.6 is 15.9 Å². The van der Waals surface area contributed by atoms with Gasteiger partial charge in [0, 0.05) is 18.7 Å². The van der Waals surface area contributed by atoms with E-state index >= 15 is 0 Å². The van der Waals surface area contributed by atoms with Gasteiger partial charge in [0.15, 0.2) is 0 Å². The van der Waals surface area contributed by atoms with E-state index in [2.05, 4.69) is 44.6 Å². The van der Waals surface area contributed by atoms with Crippen molar-refractivity contribution >= 4 is 21.7 Å². The first kappa shape index (κ1) is 10.9. The smallest absolute Gasteiger partial charge is 0.133 e. The topological polar surface area (TPSA) is 29.0 Å². The summed E-state index contributed by atoms with van der Waals surface area (Å²) in [7, 11) is 0. The number of halogens is 1. The van der Waals surface area contributed by atoms with Crippen molar-refractivity contribution in [3.05, 3.63) is 17.0 Å². The fourth-order valence-electron chi connectivity index (χ4n) is 2.09. The Bertz CT molecular complexity index is 342. The highest BCUT2D eigenvalue weighted by Gasteiger charge is 2.23. The fourth-order valence-corrected chi connectivity index (χ4v) is 2.39. The van der Waals surface area contributed by atoms with Crippen molar-refractivity contribution in [1.82, 2.24) is 9.97 Å². The molecule has 0 aromatic carbocycles. The average molecular weight is 270 g/mol. The second kappa shape index (κ2) is 4.47. The second-order valence-electron chi connectivity index (χ2n) is 4.38. The number of anilines is 1. The number of aromatic nitrogens is 2. The Morgan fingerprint density at radius 1 is 1.33 bits per heavy atom. The maximum Gasteiger partial charge on any atom is 0.133 e. The molecule has 0 bridgehead atoms. The molecule has 0 spiro atoms. The van der Waals surface area contributed by atoms with Crippen molar-refractivity contribution in [3.63, 3.8) is 0 Å². The third-order valence-corrected chi connectivity index (χ3v) is 3.46. The lowest BCUT2D eigenvalue weighted by atomic mass is 9.95. The Morgan fingerprint density at radius 2 is 2.13 bits per heavy atom. The van der Waals surface area contributed by atoms with E-state index in [0.29, 0.717) is 6.04 Å². The normalized spacial score (nSPS) is 26.7. The number of nitrogens with zero attached hydrogens (tertiary/aromatic N) is 3. The summed E-state index contributed by atoms with van der Waals surface area (Å²) in [5.74, 6) is 1.80. The third kappa shape index (κ3) is 2.48. The predicted molar refractivity (Wildman–Crippen MR) is 64.9 cm³/mol. The summed E-state index contributed by atoms with van der Waals surface area (Å²) in [5, 5.41) is 0. The molecule has 2 rings (SSSR count). The van der Waals surface area contributed by atoms with E-state index in [4.69, 9.17) is 0 Å². The van der Waals surface area contributed by atoms with Gasteiger partial charge in [-0.3, -0.25) is 0 Å². The Labute approximate surface area is 99.0 Å². The van der Waals surface area contributed by atoms with Gasteiger partial charge in [-0.25, -0.2) is 9.97 Å². The van der Waals surface area contributed by atoms with Crippen LogP contribution in [0.5, 0.6) is 0 Å². The highest BCUT2D eigenvalue weighted by Crippen LogP contribution is 2.26. The van der Waals surface area contributed by atoms with Gasteiger partial charge < -0.3 is 4.90 Å². The van der Waals surface area contributed by atoms with Gasteiger partial charge in [-0.15, -0.1) is 0 Å². The minimum Gasteiger partial charge on any atom is -0.354 e. The van der Waals surface area contributed by atoms with Crippen LogP contribution in [0.1, 0.15) is 26.7 Å². The first-order chi connectivity index (χ1) is 7.16. The second-order valence-corrected chi connectivity index (χ2v) is 5.20. The van der Waals surface area contributed by atoms with Crippen LogP contribution < -0.4 is 4.90 Å². The van der Waals surface area contributed by atoms with Crippen LogP contribution in [0.4, 0.5) is 5.82 Å². The molecule has 3 nitrogen and oxygen atoms in total. The van der Waals surface area contributed by atoms with E-state index < -0.39 is 0 Å². The van der Waals surface area contributed by atoms with Gasteiger partial charge in [0.25, 0.3) is 0 Å². The molecule has 1 aromatic rings. The van der Waals surface area contributed by atoms with E-state index in [0.717, 1.165) is 22.9 Å². The standard InChI is InChI=1S/C11H16BrN3/c1-8-3-4-9(2)15(6-8)11-5-10(12)13-7-14-11/h5,7-9H,3-4,6H2,1-2H3. The maximum absolute atomic E-state index is 4.33. The Balaban J connectivity index is 2.21. The van der Waals surface area contributed by atoms with Crippen LogP contribution in [0.25, 0.3) is 0 Å². The van der Waals surface area contributed by atoms with Gasteiger partial charge in [-0.05, 0) is 41.6 Å². The van der Waals surface area contributed by atoms with Crippen LogP contribution in [-0.4, -0.2) is 22.6 Å². The van der Waals surface area contributed by atoms with E-state index in [9.17, 15) is 0 Å². The summed E-state index contributed by atoms with van der Waals surface area (Å²) < 4.78 is 0.859. The molecule has 1 fully saturated rings. The molecule has 4 heteroatoms. The summed E-state index contributed by atoms with van der Waals surface area (Å²) >= 11 is 3.39. The lowest BCUT2D eigenvalue weighted by Crippen LogP contribution is -2.41. The zero-order valence-electron chi connectivity index (χ0n) is 9.15. The summed E-state index contributed by atoms with van der Waals surface area (Å²) in [6.45, 7) is 5.67. The zero-order chi connectivity index (χ0) is 10.8. The summed E-state index contributed by atoms with van der Waals surface area (Å²) in [6.07, 6.45) is 4.19. The van der Waals surface area contributed by atoms with Crippen molar-refractivity contribution in [2.24, 2.45) is 5.92 Å². The maximum atomic E-state index is 4.33. The van der Waals surface area contributed by atoms with Gasteiger partial charge in [-0.2, -0.15) is 0 Å². The minimum atomic E-state index is 0.586. The summed E-state index contributed by atoms with van der Waals surface area (Å²) in [5.41, 5.74) is 0. The number of hydrogen-bond acceptors (Lipinski definition) is 3. The van der Waals surface area contributed by atoms with Gasteiger partial charge in [0.2, 0.25) is 0 Å². The van der Waals surface area contributed by atoms with E-state index in [1.807, 2.05) is 6.07 Å². The Hall–Kier alpha value is -0.640. The molecule has 2 atom stereocenters. The third-order valence-electron chi connectivity index (χ3n) is 3.03. The summed E-state index contributed by atoms with van der Waals surface area (Å²) in [4.78, 5) is 10.8. The Kier molecular flexibility index (Phi) is 3.24. The fraction of sp³-hybridized carbons (Fsp3) is 0.636. The van der Waals surface area contributed by atoms with Gasteiger partial charge in [0.1, 0.15) is 16.7 Å². The highest BCUT2D eigenvalue weighted by atomic mass is 79.9. The molecule has 2 heterocycles. The molecular formula is C11H16BrN3. The molecule has 0 amide bonds. The molecule has 0 radical (unpaired) electrons. The van der Waals surface area contributed by atoms with Crippen LogP contribution in [0.2, 0.25) is 0 Å². The predicted octanol–water partition coefficient (Wildman–Crippen LogP) is 2.86. The van der Waals surface area contributed by atoms with E-state index in [1.165, 1.54) is 12.8 Å². The molecule has 15 heavy (non-hydrogen) atoms. The molecular weight excluding hydrogens is 254 g/mol. The molecule has 2 unspecified atom stereocenters. The van der Waals surface area contributed by atoms with Crippen LogP contribution in [0.3, 0.4) is 0 Å². The molecule has 1 aliphatic rings. The number of rotatable bonds is 1. The van der Waals surface area contributed by atoms with Gasteiger partial charge in [0.05, 0.1) is 0 Å². The van der Waals surface area contributed by atoms with Crippen LogP contribution in [0, 0.1) is 5.92 Å². The number of hydrogen-bond donors (Lipinski definition) is 0. The van der Waals surface area contributed by atoms with E-state index in [1.54, 1.807) is 6.33 Å². The Morgan fingerprint density at radius 3 is 2.87 bits per heavy atom. The van der Waals surface area contributed by atoms with E-state index in [-0.39, 0.29) is 0 Å². The molecule has 1 aliphatic heterocycles. The van der Waals surface area contributed by atoms with Gasteiger partial charge in [-0.1, -0.05) is 6.92 Å².